The molecule has 0 fully saturated rings. The molecule has 5 aromatic carbocycles. The summed E-state index contributed by atoms with van der Waals surface area (Å²) in [6.07, 6.45) is 1.63. The third-order valence-electron chi connectivity index (χ3n) is 8.02. The summed E-state index contributed by atoms with van der Waals surface area (Å²) in [5, 5.41) is 6.68. The van der Waals surface area contributed by atoms with Gasteiger partial charge in [0.2, 0.25) is 0 Å². The molecule has 2 aliphatic rings. The number of rotatable bonds is 3. The Morgan fingerprint density at radius 2 is 0.944 bits per heavy atom. The monoisotopic (exact) mass is 474 g/mol. The van der Waals surface area contributed by atoms with Crippen molar-refractivity contribution >= 4 is 66.7 Å². The zero-order valence-electron chi connectivity index (χ0n) is 20.1. The third-order valence-corrected chi connectivity index (χ3v) is 8.02. The van der Waals surface area contributed by atoms with Crippen LogP contribution >= 0.6 is 0 Å². The van der Waals surface area contributed by atoms with Crippen molar-refractivity contribution in [2.45, 2.75) is 32.7 Å². The van der Waals surface area contributed by atoms with Crippen LogP contribution in [0.15, 0.2) is 48.5 Å². The number of amides is 4. The highest BCUT2D eigenvalue weighted by atomic mass is 16.2. The topological polar surface area (TPSA) is 74.8 Å². The lowest BCUT2D eigenvalue weighted by molar-refractivity contribution is 0.0542. The number of nitrogens with zero attached hydrogens (tertiary/aromatic N) is 2. The zero-order valence-corrected chi connectivity index (χ0v) is 20.1. The van der Waals surface area contributed by atoms with E-state index in [1.807, 2.05) is 50.2 Å². The number of carbonyl (C=O) groups is 4. The van der Waals surface area contributed by atoms with Crippen LogP contribution in [0.2, 0.25) is 0 Å². The molecule has 6 nitrogen and oxygen atoms in total. The van der Waals surface area contributed by atoms with E-state index in [2.05, 4.69) is 0 Å². The molecule has 0 saturated heterocycles. The van der Waals surface area contributed by atoms with E-state index in [-0.39, 0.29) is 29.7 Å². The van der Waals surface area contributed by atoms with Crippen molar-refractivity contribution in [2.75, 3.05) is 7.05 Å². The van der Waals surface area contributed by atoms with Crippen LogP contribution in [0.3, 0.4) is 0 Å². The van der Waals surface area contributed by atoms with Crippen LogP contribution in [0.4, 0.5) is 0 Å². The summed E-state index contributed by atoms with van der Waals surface area (Å²) in [7, 11) is 1.50. The maximum atomic E-state index is 13.6. The molecule has 2 heterocycles. The molecule has 0 saturated carbocycles. The van der Waals surface area contributed by atoms with E-state index in [1.165, 1.54) is 11.9 Å². The number of hydrogen-bond acceptors (Lipinski definition) is 4. The smallest absolute Gasteiger partial charge is 0.261 e. The van der Waals surface area contributed by atoms with Gasteiger partial charge in [0, 0.05) is 46.1 Å². The SMILES string of the molecule is CCCC(C)N1C(=O)c2ccc3c4ccc5c6c(ccc(c7ccc(c2c37)C1=O)c64)C(=O)N(C)C5=O. The molecule has 36 heavy (non-hydrogen) atoms. The fourth-order valence-electron chi connectivity index (χ4n) is 6.35. The number of imide groups is 2. The van der Waals surface area contributed by atoms with Crippen molar-refractivity contribution in [1.29, 1.82) is 0 Å². The predicted molar refractivity (Wildman–Crippen MR) is 139 cm³/mol. The van der Waals surface area contributed by atoms with Gasteiger partial charge >= 0.3 is 0 Å². The quantitative estimate of drug-likeness (QED) is 0.190. The van der Waals surface area contributed by atoms with Crippen LogP contribution in [-0.4, -0.2) is 46.5 Å². The molecule has 0 bridgehead atoms. The highest BCUT2D eigenvalue weighted by Crippen LogP contribution is 2.46. The van der Waals surface area contributed by atoms with E-state index >= 15 is 0 Å². The van der Waals surface area contributed by atoms with Gasteiger partial charge in [-0.15, -0.1) is 0 Å². The molecule has 0 aliphatic carbocycles. The molecule has 176 valence electrons. The Labute approximate surface area is 206 Å². The van der Waals surface area contributed by atoms with Gasteiger partial charge in [-0.2, -0.15) is 0 Å². The average Bonchev–Trinajstić information content (AvgIpc) is 2.88. The first-order chi connectivity index (χ1) is 17.3. The Balaban J connectivity index is 1.63. The van der Waals surface area contributed by atoms with Gasteiger partial charge in [0.25, 0.3) is 23.6 Å². The van der Waals surface area contributed by atoms with Gasteiger partial charge < -0.3 is 0 Å². The summed E-state index contributed by atoms with van der Waals surface area (Å²) < 4.78 is 0. The fourth-order valence-corrected chi connectivity index (χ4v) is 6.35. The van der Waals surface area contributed by atoms with Gasteiger partial charge in [-0.3, -0.25) is 29.0 Å². The van der Waals surface area contributed by atoms with Gasteiger partial charge in [-0.25, -0.2) is 0 Å². The Morgan fingerprint density at radius 3 is 1.31 bits per heavy atom. The molecule has 1 unspecified atom stereocenters. The number of carbonyl (C=O) groups excluding carboxylic acids is 4. The second-order valence-corrected chi connectivity index (χ2v) is 9.93. The summed E-state index contributed by atoms with van der Waals surface area (Å²) >= 11 is 0. The molecular formula is C30H22N2O4. The van der Waals surface area contributed by atoms with Crippen molar-refractivity contribution in [2.24, 2.45) is 0 Å². The maximum absolute atomic E-state index is 13.6. The Bertz CT molecular complexity index is 1750. The molecule has 1 atom stereocenters. The molecule has 6 heteroatoms. The summed E-state index contributed by atoms with van der Waals surface area (Å²) in [6, 6.07) is 14.7. The van der Waals surface area contributed by atoms with Gasteiger partial charge in [0.05, 0.1) is 0 Å². The molecular weight excluding hydrogens is 452 g/mol. The largest absolute Gasteiger partial charge is 0.277 e. The first-order valence-corrected chi connectivity index (χ1v) is 12.3. The van der Waals surface area contributed by atoms with Crippen LogP contribution in [0.25, 0.3) is 43.1 Å². The van der Waals surface area contributed by atoms with Gasteiger partial charge in [-0.05, 0) is 69.9 Å². The molecule has 7 rings (SSSR count). The number of hydrogen-bond donors (Lipinski definition) is 0. The normalized spacial score (nSPS) is 16.4. The lowest BCUT2D eigenvalue weighted by atomic mass is 9.82. The molecule has 0 N–H and O–H groups in total. The van der Waals surface area contributed by atoms with Crippen LogP contribution in [0, 0.1) is 0 Å². The van der Waals surface area contributed by atoms with Crippen LogP contribution < -0.4 is 0 Å². The van der Waals surface area contributed by atoms with E-state index in [4.69, 9.17) is 0 Å². The Morgan fingerprint density at radius 1 is 0.583 bits per heavy atom. The van der Waals surface area contributed by atoms with E-state index in [9.17, 15) is 19.2 Å². The van der Waals surface area contributed by atoms with Crippen LogP contribution in [-0.2, 0) is 0 Å². The highest BCUT2D eigenvalue weighted by Gasteiger charge is 2.37. The van der Waals surface area contributed by atoms with Crippen molar-refractivity contribution < 1.29 is 19.2 Å². The minimum Gasteiger partial charge on any atom is -0.277 e. The van der Waals surface area contributed by atoms with Crippen molar-refractivity contribution in [1.82, 2.24) is 9.80 Å². The van der Waals surface area contributed by atoms with Gasteiger partial charge in [0.1, 0.15) is 0 Å². The first-order valence-electron chi connectivity index (χ1n) is 12.3. The van der Waals surface area contributed by atoms with E-state index in [0.717, 1.165) is 50.1 Å². The zero-order chi connectivity index (χ0) is 25.0. The summed E-state index contributed by atoms with van der Waals surface area (Å²) in [4.78, 5) is 55.6. The lowest BCUT2D eigenvalue weighted by Crippen LogP contribution is -2.45. The minimum atomic E-state index is -0.315. The maximum Gasteiger partial charge on any atom is 0.261 e. The van der Waals surface area contributed by atoms with E-state index < -0.39 is 0 Å². The van der Waals surface area contributed by atoms with E-state index in [1.54, 1.807) is 12.1 Å². The number of benzene rings is 5. The Hall–Kier alpha value is -4.32. The van der Waals surface area contributed by atoms with Crippen LogP contribution in [0.1, 0.15) is 68.1 Å². The minimum absolute atomic E-state index is 0.185. The van der Waals surface area contributed by atoms with Gasteiger partial charge in [0.15, 0.2) is 0 Å². The summed E-state index contributed by atoms with van der Waals surface area (Å²) in [6.45, 7) is 3.96. The predicted octanol–water partition coefficient (Wildman–Crippen LogP) is 5.75. The lowest BCUT2D eigenvalue weighted by Gasteiger charge is -2.32. The highest BCUT2D eigenvalue weighted by molar-refractivity contribution is 6.41. The third kappa shape index (κ3) is 2.32. The molecule has 0 aromatic heterocycles. The molecule has 4 amide bonds. The Kier molecular flexibility index (Phi) is 4.01. The molecule has 0 spiro atoms. The van der Waals surface area contributed by atoms with Crippen LogP contribution in [0.5, 0.6) is 0 Å². The van der Waals surface area contributed by atoms with Crippen molar-refractivity contribution in [3.05, 3.63) is 70.8 Å². The second-order valence-electron chi connectivity index (χ2n) is 9.93. The standard InChI is InChI=1S/C30H22N2O4/c1-4-5-14(2)32-29(35)21-12-8-17-15-6-10-19-25-20(28(34)31(3)27(19)33)11-7-16(23(15)25)18-9-13-22(30(32)36)26(21)24(17)18/h6-14H,4-5H2,1-3H3. The summed E-state index contributed by atoms with van der Waals surface area (Å²) in [5.41, 5.74) is 2.09. The summed E-state index contributed by atoms with van der Waals surface area (Å²) in [5.74, 6) is -1.14. The molecule has 2 aliphatic heterocycles. The fraction of sp³-hybridized carbons (Fsp3) is 0.200. The van der Waals surface area contributed by atoms with Crippen molar-refractivity contribution in [3.8, 4) is 0 Å². The number of fused-ring (bicyclic) bond motifs is 2. The second kappa shape index (κ2) is 6.88. The molecule has 5 aromatic rings. The van der Waals surface area contributed by atoms with Crippen molar-refractivity contribution in [3.63, 3.8) is 0 Å². The first kappa shape index (κ1) is 21.0. The van der Waals surface area contributed by atoms with Gasteiger partial charge in [-0.1, -0.05) is 37.6 Å². The van der Waals surface area contributed by atoms with E-state index in [0.29, 0.717) is 33.0 Å². The molecule has 0 radical (unpaired) electrons. The average molecular weight is 475 g/mol.